The lowest BCUT2D eigenvalue weighted by Crippen LogP contribution is -2.37. The van der Waals surface area contributed by atoms with E-state index in [1.807, 2.05) is 0 Å². The summed E-state index contributed by atoms with van der Waals surface area (Å²) in [7, 11) is 0. The monoisotopic (exact) mass is 426 g/mol. The number of rotatable bonds is 4. The zero-order chi connectivity index (χ0) is 21.4. The Morgan fingerprint density at radius 2 is 1.90 bits per heavy atom. The first-order chi connectivity index (χ1) is 13.4. The van der Waals surface area contributed by atoms with Crippen LogP contribution in [0.25, 0.3) is 11.1 Å². The molecule has 1 aliphatic rings. The van der Waals surface area contributed by atoms with E-state index in [0.717, 1.165) is 18.9 Å². The molecule has 1 aromatic heterocycles. The Morgan fingerprint density at radius 3 is 2.45 bits per heavy atom. The maximum absolute atomic E-state index is 13.3. The number of ether oxygens (including phenoxy) is 1. The average molecular weight is 427 g/mol. The van der Waals surface area contributed by atoms with Gasteiger partial charge in [0.25, 0.3) is 0 Å². The minimum atomic E-state index is -4.48. The topological polar surface area (TPSA) is 51.2 Å². The maximum atomic E-state index is 13.3. The zero-order valence-electron chi connectivity index (χ0n) is 16.4. The summed E-state index contributed by atoms with van der Waals surface area (Å²) in [5.41, 5.74) is -0.873. The van der Waals surface area contributed by atoms with Crippen molar-refractivity contribution in [2.75, 3.05) is 6.54 Å². The van der Waals surface area contributed by atoms with E-state index in [0.29, 0.717) is 17.8 Å². The Balaban J connectivity index is 1.82. The van der Waals surface area contributed by atoms with Gasteiger partial charge in [-0.3, -0.25) is 4.98 Å². The third-order valence-electron chi connectivity index (χ3n) is 4.71. The average Bonchev–Trinajstić information content (AvgIpc) is 3.39. The number of aromatic nitrogens is 1. The molecular weight excluding hydrogens is 405 g/mol. The van der Waals surface area contributed by atoms with Crippen molar-refractivity contribution in [2.45, 2.75) is 50.8 Å². The van der Waals surface area contributed by atoms with Crippen LogP contribution >= 0.6 is 11.6 Å². The molecule has 0 atom stereocenters. The first kappa shape index (κ1) is 21.4. The smallest absolute Gasteiger partial charge is 0.417 e. The van der Waals surface area contributed by atoms with Gasteiger partial charge >= 0.3 is 12.3 Å². The normalized spacial score (nSPS) is 15.7. The molecule has 2 aromatic rings. The fourth-order valence-electron chi connectivity index (χ4n) is 3.16. The first-order valence-electron chi connectivity index (χ1n) is 9.21. The van der Waals surface area contributed by atoms with Crippen LogP contribution in [0.2, 0.25) is 5.02 Å². The van der Waals surface area contributed by atoms with Gasteiger partial charge in [-0.15, -0.1) is 0 Å². The molecule has 0 radical (unpaired) electrons. The molecule has 0 saturated heterocycles. The molecule has 0 aliphatic heterocycles. The number of nitrogens with one attached hydrogen (secondary N) is 1. The molecule has 1 aliphatic carbocycles. The van der Waals surface area contributed by atoms with Crippen molar-refractivity contribution in [1.82, 2.24) is 10.3 Å². The Hall–Kier alpha value is -2.28. The van der Waals surface area contributed by atoms with E-state index >= 15 is 0 Å². The van der Waals surface area contributed by atoms with E-state index in [2.05, 4.69) is 10.3 Å². The summed E-state index contributed by atoms with van der Waals surface area (Å²) in [5.74, 6) is 0. The lowest BCUT2D eigenvalue weighted by atomic mass is 9.97. The third kappa shape index (κ3) is 5.01. The molecule has 4 nitrogen and oxygen atoms in total. The third-order valence-corrected chi connectivity index (χ3v) is 5.00. The van der Waals surface area contributed by atoms with Crippen molar-refractivity contribution in [1.29, 1.82) is 0 Å². The second-order valence-electron chi connectivity index (χ2n) is 8.23. The van der Waals surface area contributed by atoms with Crippen molar-refractivity contribution in [3.8, 4) is 11.1 Å². The van der Waals surface area contributed by atoms with Gasteiger partial charge in [0, 0.05) is 23.7 Å². The predicted molar refractivity (Wildman–Crippen MR) is 105 cm³/mol. The summed E-state index contributed by atoms with van der Waals surface area (Å²) >= 11 is 6.40. The molecule has 156 valence electrons. The van der Waals surface area contributed by atoms with Crippen LogP contribution in [-0.2, 0) is 16.3 Å². The second kappa shape index (κ2) is 7.52. The highest BCUT2D eigenvalue weighted by Gasteiger charge is 2.47. The van der Waals surface area contributed by atoms with Crippen molar-refractivity contribution in [2.24, 2.45) is 0 Å². The number of halogens is 4. The van der Waals surface area contributed by atoms with E-state index in [4.69, 9.17) is 16.3 Å². The summed E-state index contributed by atoms with van der Waals surface area (Å²) in [5, 5.41) is 3.01. The highest BCUT2D eigenvalue weighted by Crippen LogP contribution is 2.49. The van der Waals surface area contributed by atoms with Gasteiger partial charge in [-0.1, -0.05) is 29.8 Å². The molecule has 1 heterocycles. The quantitative estimate of drug-likeness (QED) is 0.654. The van der Waals surface area contributed by atoms with Gasteiger partial charge in [0.05, 0.1) is 16.3 Å². The van der Waals surface area contributed by atoms with E-state index in [-0.39, 0.29) is 10.6 Å². The molecule has 0 unspecified atom stereocenters. The number of pyridine rings is 1. The molecule has 1 aromatic carbocycles. The van der Waals surface area contributed by atoms with Gasteiger partial charge in [-0.2, -0.15) is 13.2 Å². The summed E-state index contributed by atoms with van der Waals surface area (Å²) in [6, 6.07) is 6.82. The molecule has 1 N–H and O–H groups in total. The van der Waals surface area contributed by atoms with E-state index in [1.54, 1.807) is 26.8 Å². The van der Waals surface area contributed by atoms with Crippen LogP contribution in [0.15, 0.2) is 36.5 Å². The number of carbonyl (C=O) groups is 1. The molecule has 0 spiro atoms. The molecular formula is C21H22ClF3N2O2. The molecule has 1 amide bonds. The van der Waals surface area contributed by atoms with Gasteiger partial charge in [0.1, 0.15) is 5.60 Å². The minimum Gasteiger partial charge on any atom is -0.444 e. The number of amides is 1. The van der Waals surface area contributed by atoms with Crippen LogP contribution in [0.3, 0.4) is 0 Å². The highest BCUT2D eigenvalue weighted by atomic mass is 35.5. The Labute approximate surface area is 172 Å². The van der Waals surface area contributed by atoms with Gasteiger partial charge in [0.15, 0.2) is 0 Å². The molecule has 3 rings (SSSR count). The molecule has 1 saturated carbocycles. The summed E-state index contributed by atoms with van der Waals surface area (Å²) < 4.78 is 45.1. The summed E-state index contributed by atoms with van der Waals surface area (Å²) in [4.78, 5) is 16.3. The second-order valence-corrected chi connectivity index (χ2v) is 8.64. The van der Waals surface area contributed by atoms with Crippen LogP contribution in [-0.4, -0.2) is 23.2 Å². The van der Waals surface area contributed by atoms with Crippen molar-refractivity contribution in [3.05, 3.63) is 52.8 Å². The fourth-order valence-corrected chi connectivity index (χ4v) is 3.53. The molecule has 1 fully saturated rings. The van der Waals surface area contributed by atoms with Crippen LogP contribution in [0.1, 0.15) is 44.9 Å². The number of hydrogen-bond acceptors (Lipinski definition) is 3. The van der Waals surface area contributed by atoms with Crippen LogP contribution in [0.5, 0.6) is 0 Å². The van der Waals surface area contributed by atoms with Gasteiger partial charge < -0.3 is 10.1 Å². The molecule has 29 heavy (non-hydrogen) atoms. The summed E-state index contributed by atoms with van der Waals surface area (Å²) in [6.45, 7) is 5.62. The highest BCUT2D eigenvalue weighted by molar-refractivity contribution is 6.31. The molecule has 0 bridgehead atoms. The Bertz CT molecular complexity index is 919. The fraction of sp³-hybridized carbons (Fsp3) is 0.429. The van der Waals surface area contributed by atoms with E-state index < -0.39 is 28.8 Å². The van der Waals surface area contributed by atoms with Crippen LogP contribution in [0, 0.1) is 0 Å². The first-order valence-corrected chi connectivity index (χ1v) is 9.59. The largest absolute Gasteiger partial charge is 0.444 e. The lowest BCUT2D eigenvalue weighted by molar-refractivity contribution is -0.137. The maximum Gasteiger partial charge on any atom is 0.417 e. The van der Waals surface area contributed by atoms with Crippen molar-refractivity contribution < 1.29 is 22.7 Å². The van der Waals surface area contributed by atoms with Gasteiger partial charge in [-0.05, 0) is 51.3 Å². The Morgan fingerprint density at radius 1 is 1.24 bits per heavy atom. The molecule has 8 heteroatoms. The number of carbonyl (C=O) groups excluding carboxylic acids is 1. The van der Waals surface area contributed by atoms with Gasteiger partial charge in [0.2, 0.25) is 0 Å². The zero-order valence-corrected chi connectivity index (χ0v) is 17.1. The predicted octanol–water partition coefficient (Wildman–Crippen LogP) is 5.98. The number of hydrogen-bond donors (Lipinski definition) is 1. The summed E-state index contributed by atoms with van der Waals surface area (Å²) in [6.07, 6.45) is -2.06. The number of alkyl halides is 3. The Kier molecular flexibility index (Phi) is 5.56. The minimum absolute atomic E-state index is 0.0256. The number of alkyl carbamates (subject to hydrolysis) is 1. The lowest BCUT2D eigenvalue weighted by Gasteiger charge is -2.22. The van der Waals surface area contributed by atoms with Crippen molar-refractivity contribution >= 4 is 17.7 Å². The number of nitrogens with zero attached hydrogens (tertiary/aromatic N) is 1. The van der Waals surface area contributed by atoms with Crippen LogP contribution in [0.4, 0.5) is 18.0 Å². The van der Waals surface area contributed by atoms with E-state index in [1.165, 1.54) is 24.4 Å². The van der Waals surface area contributed by atoms with Gasteiger partial charge in [-0.25, -0.2) is 4.79 Å². The van der Waals surface area contributed by atoms with Crippen molar-refractivity contribution in [3.63, 3.8) is 0 Å². The standard InChI is InChI=1S/C21H22ClF3N2O2/c1-19(2,3)29-18(28)27-12-20(8-9-20)17-16(22)10-13(11-26-17)14-6-4-5-7-15(14)21(23,24)25/h4-7,10-11H,8-9,12H2,1-3H3,(H,27,28). The van der Waals surface area contributed by atoms with Crippen LogP contribution < -0.4 is 5.32 Å². The SMILES string of the molecule is CC(C)(C)OC(=O)NCC1(c2ncc(-c3ccccc3C(F)(F)F)cc2Cl)CC1. The number of benzene rings is 1. The van der Waals surface area contributed by atoms with E-state index in [9.17, 15) is 18.0 Å².